The average molecular weight is 338 g/mol. The Morgan fingerprint density at radius 1 is 1.04 bits per heavy atom. The fourth-order valence-electron chi connectivity index (χ4n) is 2.73. The summed E-state index contributed by atoms with van der Waals surface area (Å²) in [5, 5.41) is 14.5. The molecule has 0 radical (unpaired) electrons. The fourth-order valence-corrected chi connectivity index (χ4v) is 2.73. The van der Waals surface area contributed by atoms with E-state index < -0.39 is 10.8 Å². The molecule has 1 amide bonds. The van der Waals surface area contributed by atoms with E-state index >= 15 is 0 Å². The largest absolute Gasteiger partial charge is 0.451 e. The van der Waals surface area contributed by atoms with E-state index in [4.69, 9.17) is 4.42 Å². The van der Waals surface area contributed by atoms with Crippen molar-refractivity contribution >= 4 is 28.3 Å². The van der Waals surface area contributed by atoms with Crippen LogP contribution in [0.4, 0.5) is 11.4 Å². The molecule has 1 heterocycles. The maximum absolute atomic E-state index is 12.6. The van der Waals surface area contributed by atoms with E-state index in [2.05, 4.69) is 5.32 Å². The van der Waals surface area contributed by atoms with E-state index in [9.17, 15) is 14.9 Å². The highest BCUT2D eigenvalue weighted by Gasteiger charge is 2.20. The van der Waals surface area contributed by atoms with Crippen LogP contribution < -0.4 is 5.32 Å². The zero-order valence-corrected chi connectivity index (χ0v) is 14.5. The molecule has 6 heteroatoms. The zero-order valence-electron chi connectivity index (χ0n) is 14.5. The lowest BCUT2D eigenvalue weighted by molar-refractivity contribution is -0.384. The molecule has 0 unspecified atom stereocenters. The van der Waals surface area contributed by atoms with Gasteiger partial charge in [-0.1, -0.05) is 6.07 Å². The summed E-state index contributed by atoms with van der Waals surface area (Å²) >= 11 is 0. The summed E-state index contributed by atoms with van der Waals surface area (Å²) in [4.78, 5) is 23.1. The number of carbonyl (C=O) groups excluding carboxylic acids is 1. The molecule has 0 aliphatic carbocycles. The van der Waals surface area contributed by atoms with Crippen LogP contribution in [0, 0.1) is 37.8 Å². The van der Waals surface area contributed by atoms with Crippen LogP contribution in [-0.2, 0) is 0 Å². The number of hydrogen-bond acceptors (Lipinski definition) is 4. The molecule has 3 rings (SSSR count). The third-order valence-electron chi connectivity index (χ3n) is 4.44. The molecule has 0 spiro atoms. The highest BCUT2D eigenvalue weighted by Crippen LogP contribution is 2.29. The van der Waals surface area contributed by atoms with Crippen molar-refractivity contribution in [1.82, 2.24) is 0 Å². The number of rotatable bonds is 3. The second kappa shape index (κ2) is 6.05. The lowest BCUT2D eigenvalue weighted by Crippen LogP contribution is -2.13. The van der Waals surface area contributed by atoms with Gasteiger partial charge in [-0.25, -0.2) is 0 Å². The van der Waals surface area contributed by atoms with E-state index in [1.54, 1.807) is 13.0 Å². The first-order chi connectivity index (χ1) is 11.8. The standard InChI is InChI=1S/C19H18N2O4/c1-10-5-6-14(21(23)24)9-16(10)20-19(22)18-13(4)15-7-11(2)12(3)8-17(15)25-18/h5-9H,1-4H3,(H,20,22). The van der Waals surface area contributed by atoms with Crippen molar-refractivity contribution in [2.24, 2.45) is 0 Å². The van der Waals surface area contributed by atoms with Crippen molar-refractivity contribution in [1.29, 1.82) is 0 Å². The predicted molar refractivity (Wildman–Crippen MR) is 96.2 cm³/mol. The molecule has 25 heavy (non-hydrogen) atoms. The van der Waals surface area contributed by atoms with Crippen LogP contribution in [0.5, 0.6) is 0 Å². The molecule has 0 fully saturated rings. The molecule has 0 saturated carbocycles. The van der Waals surface area contributed by atoms with E-state index in [1.807, 2.05) is 32.9 Å². The zero-order chi connectivity index (χ0) is 18.3. The van der Waals surface area contributed by atoms with Gasteiger partial charge in [-0.3, -0.25) is 14.9 Å². The Hall–Kier alpha value is -3.15. The Morgan fingerprint density at radius 3 is 2.40 bits per heavy atom. The summed E-state index contributed by atoms with van der Waals surface area (Å²) in [6.07, 6.45) is 0. The normalized spacial score (nSPS) is 10.9. The fraction of sp³-hybridized carbons (Fsp3) is 0.211. The molecule has 0 aliphatic heterocycles. The number of anilines is 1. The van der Waals surface area contributed by atoms with E-state index in [1.165, 1.54) is 12.1 Å². The summed E-state index contributed by atoms with van der Waals surface area (Å²) in [6.45, 7) is 7.60. The van der Waals surface area contributed by atoms with Crippen molar-refractivity contribution in [3.05, 3.63) is 68.5 Å². The maximum atomic E-state index is 12.6. The topological polar surface area (TPSA) is 85.4 Å². The third-order valence-corrected chi connectivity index (χ3v) is 4.44. The number of nitrogens with zero attached hydrogens (tertiary/aromatic N) is 1. The minimum absolute atomic E-state index is 0.0755. The molecule has 0 atom stereocenters. The second-order valence-corrected chi connectivity index (χ2v) is 6.20. The van der Waals surface area contributed by atoms with Gasteiger partial charge in [0, 0.05) is 23.1 Å². The minimum atomic E-state index is -0.493. The Morgan fingerprint density at radius 2 is 1.72 bits per heavy atom. The third kappa shape index (κ3) is 2.98. The summed E-state index contributed by atoms with van der Waals surface area (Å²) < 4.78 is 5.74. The van der Waals surface area contributed by atoms with Gasteiger partial charge in [-0.2, -0.15) is 0 Å². The summed E-state index contributed by atoms with van der Waals surface area (Å²) in [5.41, 5.74) is 4.67. The number of furan rings is 1. The number of non-ortho nitro benzene ring substituents is 1. The summed E-state index contributed by atoms with van der Waals surface area (Å²) in [5.74, 6) is -0.210. The lowest BCUT2D eigenvalue weighted by Gasteiger charge is -2.07. The molecule has 1 N–H and O–H groups in total. The van der Waals surface area contributed by atoms with Gasteiger partial charge < -0.3 is 9.73 Å². The highest BCUT2D eigenvalue weighted by molar-refractivity contribution is 6.07. The van der Waals surface area contributed by atoms with Gasteiger partial charge in [-0.05, 0) is 56.5 Å². The molecule has 6 nitrogen and oxygen atoms in total. The number of aryl methyl sites for hydroxylation is 4. The van der Waals surface area contributed by atoms with Crippen molar-refractivity contribution in [2.45, 2.75) is 27.7 Å². The molecule has 3 aromatic rings. The van der Waals surface area contributed by atoms with E-state index in [0.717, 1.165) is 27.6 Å². The van der Waals surface area contributed by atoms with E-state index in [-0.39, 0.29) is 11.4 Å². The van der Waals surface area contributed by atoms with Crippen molar-refractivity contribution < 1.29 is 14.1 Å². The number of benzene rings is 2. The minimum Gasteiger partial charge on any atom is -0.451 e. The number of hydrogen-bond donors (Lipinski definition) is 1. The first kappa shape index (κ1) is 16.7. The van der Waals surface area contributed by atoms with Crippen LogP contribution in [0.1, 0.15) is 32.8 Å². The summed E-state index contributed by atoms with van der Waals surface area (Å²) in [6, 6.07) is 8.26. The smallest absolute Gasteiger partial charge is 0.291 e. The number of nitro groups is 1. The van der Waals surface area contributed by atoms with Crippen LogP contribution in [0.15, 0.2) is 34.7 Å². The number of carbonyl (C=O) groups is 1. The van der Waals surface area contributed by atoms with Gasteiger partial charge in [0.15, 0.2) is 5.76 Å². The van der Waals surface area contributed by atoms with Gasteiger partial charge in [0.2, 0.25) is 0 Å². The SMILES string of the molecule is Cc1cc2oc(C(=O)Nc3cc([N+](=O)[O-])ccc3C)c(C)c2cc1C. The molecular weight excluding hydrogens is 320 g/mol. The highest BCUT2D eigenvalue weighted by atomic mass is 16.6. The Balaban J connectivity index is 1.99. The molecule has 2 aromatic carbocycles. The predicted octanol–water partition coefficient (Wildman–Crippen LogP) is 4.83. The van der Waals surface area contributed by atoms with Crippen LogP contribution >= 0.6 is 0 Å². The lowest BCUT2D eigenvalue weighted by atomic mass is 10.0. The number of nitro benzene ring substituents is 1. The van der Waals surface area contributed by atoms with Crippen molar-refractivity contribution in [3.63, 3.8) is 0 Å². The number of nitrogens with one attached hydrogen (secondary N) is 1. The first-order valence-electron chi connectivity index (χ1n) is 7.84. The average Bonchev–Trinajstić information content (AvgIpc) is 2.86. The van der Waals surface area contributed by atoms with E-state index in [0.29, 0.717) is 11.3 Å². The van der Waals surface area contributed by atoms with Crippen LogP contribution in [0.3, 0.4) is 0 Å². The van der Waals surface area contributed by atoms with Gasteiger partial charge in [-0.15, -0.1) is 0 Å². The Labute approximate surface area is 144 Å². The molecule has 0 saturated heterocycles. The number of fused-ring (bicyclic) bond motifs is 1. The van der Waals surface area contributed by atoms with Crippen LogP contribution in [0.25, 0.3) is 11.0 Å². The molecular formula is C19H18N2O4. The van der Waals surface area contributed by atoms with Crippen molar-refractivity contribution in [2.75, 3.05) is 5.32 Å². The van der Waals surface area contributed by atoms with Gasteiger partial charge in [0.1, 0.15) is 5.58 Å². The monoisotopic (exact) mass is 338 g/mol. The maximum Gasteiger partial charge on any atom is 0.291 e. The Kier molecular flexibility index (Phi) is 4.04. The molecule has 1 aromatic heterocycles. The van der Waals surface area contributed by atoms with Gasteiger partial charge in [0.25, 0.3) is 11.6 Å². The number of amides is 1. The second-order valence-electron chi connectivity index (χ2n) is 6.20. The molecule has 0 aliphatic rings. The molecule has 0 bridgehead atoms. The Bertz CT molecular complexity index is 1020. The summed E-state index contributed by atoms with van der Waals surface area (Å²) in [7, 11) is 0. The van der Waals surface area contributed by atoms with Gasteiger partial charge >= 0.3 is 0 Å². The quantitative estimate of drug-likeness (QED) is 0.547. The van der Waals surface area contributed by atoms with Crippen LogP contribution in [0.2, 0.25) is 0 Å². The first-order valence-corrected chi connectivity index (χ1v) is 7.84. The van der Waals surface area contributed by atoms with Crippen LogP contribution in [-0.4, -0.2) is 10.8 Å². The van der Waals surface area contributed by atoms with Gasteiger partial charge in [0.05, 0.1) is 10.6 Å². The molecule has 128 valence electrons. The van der Waals surface area contributed by atoms with Crippen molar-refractivity contribution in [3.8, 4) is 0 Å².